The number of rotatable bonds is 6. The number of aromatic nitrogens is 2. The Hall–Kier alpha value is -3.92. The van der Waals surface area contributed by atoms with Crippen molar-refractivity contribution in [2.45, 2.75) is 11.4 Å². The molecule has 0 aliphatic rings. The van der Waals surface area contributed by atoms with Crippen LogP contribution >= 0.6 is 0 Å². The maximum Gasteiger partial charge on any atom is 0.323 e. The largest absolute Gasteiger partial charge is 0.337 e. The minimum Gasteiger partial charge on any atom is -0.337 e. The third-order valence-corrected chi connectivity index (χ3v) is 6.27. The second-order valence-corrected chi connectivity index (χ2v) is 8.90. The first-order valence-corrected chi connectivity index (χ1v) is 11.0. The first-order valence-electron chi connectivity index (χ1n) is 9.57. The molecular weight excluding hydrogens is 435 g/mol. The number of nitrogens with one attached hydrogen (secondary N) is 3. The molecule has 32 heavy (non-hydrogen) atoms. The van der Waals surface area contributed by atoms with E-state index in [0.717, 1.165) is 0 Å². The highest BCUT2D eigenvalue weighted by Crippen LogP contribution is 2.20. The van der Waals surface area contributed by atoms with E-state index in [-0.39, 0.29) is 28.9 Å². The number of sulfonamides is 1. The Kier molecular flexibility index (Phi) is 5.54. The summed E-state index contributed by atoms with van der Waals surface area (Å²) < 4.78 is 41.7. The molecule has 1 aromatic heterocycles. The minimum atomic E-state index is -3.91. The molecule has 1 amide bonds. The molecule has 4 aromatic rings. The van der Waals surface area contributed by atoms with Crippen LogP contribution in [0.25, 0.3) is 11.0 Å². The van der Waals surface area contributed by atoms with E-state index < -0.39 is 15.7 Å². The Morgan fingerprint density at radius 1 is 1.00 bits per heavy atom. The molecule has 0 spiro atoms. The van der Waals surface area contributed by atoms with Crippen molar-refractivity contribution in [1.82, 2.24) is 14.9 Å². The summed E-state index contributed by atoms with van der Waals surface area (Å²) >= 11 is 0. The highest BCUT2D eigenvalue weighted by Gasteiger charge is 2.17. The zero-order chi connectivity index (χ0) is 22.9. The van der Waals surface area contributed by atoms with Crippen LogP contribution in [0.3, 0.4) is 0 Å². The lowest BCUT2D eigenvalue weighted by atomic mass is 10.1. The Balaban J connectivity index is 1.48. The molecule has 164 valence electrons. The minimum absolute atomic E-state index is 0.0231. The van der Waals surface area contributed by atoms with Crippen LogP contribution in [-0.4, -0.2) is 36.2 Å². The standard InChI is InChI=1S/C22H19FN4O4S/c1-27(13-15-4-2-3-5-18(15)23)21(28)14-6-8-16(9-7-14)26-32(30,31)17-10-11-19-20(12-17)25-22(29)24-19/h2-12,26H,13H2,1H3,(H2,24,25,29). The van der Waals surface area contributed by atoms with Crippen LogP contribution in [0.2, 0.25) is 0 Å². The van der Waals surface area contributed by atoms with Gasteiger partial charge in [-0.05, 0) is 48.5 Å². The van der Waals surface area contributed by atoms with Crippen molar-refractivity contribution in [3.8, 4) is 0 Å². The quantitative estimate of drug-likeness (QED) is 0.415. The average molecular weight is 454 g/mol. The van der Waals surface area contributed by atoms with E-state index in [0.29, 0.717) is 22.2 Å². The number of imidazole rings is 1. The molecule has 4 rings (SSSR count). The zero-order valence-corrected chi connectivity index (χ0v) is 17.7. The zero-order valence-electron chi connectivity index (χ0n) is 16.9. The molecule has 3 N–H and O–H groups in total. The van der Waals surface area contributed by atoms with Gasteiger partial charge in [0.2, 0.25) is 0 Å². The van der Waals surface area contributed by atoms with E-state index >= 15 is 0 Å². The van der Waals surface area contributed by atoms with Crippen molar-refractivity contribution in [3.05, 3.63) is 94.2 Å². The first kappa shape index (κ1) is 21.3. The van der Waals surface area contributed by atoms with Crippen molar-refractivity contribution >= 4 is 32.7 Å². The molecule has 8 nitrogen and oxygen atoms in total. The SMILES string of the molecule is CN(Cc1ccccc1F)C(=O)c1ccc(NS(=O)(=O)c2ccc3[nH]c(=O)[nH]c3c2)cc1. The number of hydrogen-bond acceptors (Lipinski definition) is 4. The summed E-state index contributed by atoms with van der Waals surface area (Å²) in [6.07, 6.45) is 0. The van der Waals surface area contributed by atoms with Gasteiger partial charge in [-0.15, -0.1) is 0 Å². The summed E-state index contributed by atoms with van der Waals surface area (Å²) in [5.74, 6) is -0.719. The summed E-state index contributed by atoms with van der Waals surface area (Å²) in [5.41, 5.74) is 1.43. The Morgan fingerprint density at radius 2 is 1.69 bits per heavy atom. The summed E-state index contributed by atoms with van der Waals surface area (Å²) in [5, 5.41) is 0. The number of anilines is 1. The molecule has 0 fully saturated rings. The maximum absolute atomic E-state index is 13.8. The first-order chi connectivity index (χ1) is 15.2. The lowest BCUT2D eigenvalue weighted by Gasteiger charge is -2.18. The number of aromatic amines is 2. The van der Waals surface area contributed by atoms with Crippen molar-refractivity contribution in [2.24, 2.45) is 0 Å². The van der Waals surface area contributed by atoms with Gasteiger partial charge in [0.25, 0.3) is 15.9 Å². The van der Waals surface area contributed by atoms with E-state index in [1.165, 1.54) is 53.4 Å². The van der Waals surface area contributed by atoms with E-state index in [4.69, 9.17) is 0 Å². The molecule has 0 radical (unpaired) electrons. The Morgan fingerprint density at radius 3 is 2.41 bits per heavy atom. The fourth-order valence-corrected chi connectivity index (χ4v) is 4.33. The van der Waals surface area contributed by atoms with Crippen LogP contribution in [0.1, 0.15) is 15.9 Å². The van der Waals surface area contributed by atoms with Crippen LogP contribution in [0.15, 0.2) is 76.4 Å². The Bertz CT molecular complexity index is 1460. The average Bonchev–Trinajstić information content (AvgIpc) is 3.14. The van der Waals surface area contributed by atoms with E-state index in [1.54, 1.807) is 25.2 Å². The van der Waals surface area contributed by atoms with Crippen LogP contribution in [-0.2, 0) is 16.6 Å². The summed E-state index contributed by atoms with van der Waals surface area (Å²) in [4.78, 5) is 30.4. The number of benzene rings is 3. The van der Waals surface area contributed by atoms with Gasteiger partial charge in [0.1, 0.15) is 5.82 Å². The van der Waals surface area contributed by atoms with Crippen molar-refractivity contribution in [2.75, 3.05) is 11.8 Å². The fourth-order valence-electron chi connectivity index (χ4n) is 3.25. The van der Waals surface area contributed by atoms with Gasteiger partial charge < -0.3 is 14.9 Å². The second-order valence-electron chi connectivity index (χ2n) is 7.22. The highest BCUT2D eigenvalue weighted by atomic mass is 32.2. The highest BCUT2D eigenvalue weighted by molar-refractivity contribution is 7.92. The monoisotopic (exact) mass is 454 g/mol. The lowest BCUT2D eigenvalue weighted by Crippen LogP contribution is -2.26. The number of hydrogen-bond donors (Lipinski definition) is 3. The number of carbonyl (C=O) groups excluding carboxylic acids is 1. The number of carbonyl (C=O) groups is 1. The van der Waals surface area contributed by atoms with Gasteiger partial charge in [-0.1, -0.05) is 18.2 Å². The smallest absolute Gasteiger partial charge is 0.323 e. The van der Waals surface area contributed by atoms with Crippen LogP contribution in [0, 0.1) is 5.82 Å². The van der Waals surface area contributed by atoms with Gasteiger partial charge in [0, 0.05) is 30.4 Å². The van der Waals surface area contributed by atoms with Gasteiger partial charge in [0.05, 0.1) is 15.9 Å². The third-order valence-electron chi connectivity index (χ3n) is 4.89. The Labute approximate surface area is 182 Å². The van der Waals surface area contributed by atoms with Crippen molar-refractivity contribution < 1.29 is 17.6 Å². The van der Waals surface area contributed by atoms with Crippen LogP contribution < -0.4 is 10.4 Å². The van der Waals surface area contributed by atoms with Gasteiger partial charge >= 0.3 is 5.69 Å². The number of amides is 1. The lowest BCUT2D eigenvalue weighted by molar-refractivity contribution is 0.0784. The summed E-state index contributed by atoms with van der Waals surface area (Å²) in [6.45, 7) is 0.101. The molecule has 0 atom stereocenters. The fraction of sp³-hybridized carbons (Fsp3) is 0.0909. The van der Waals surface area contributed by atoms with Crippen molar-refractivity contribution in [3.63, 3.8) is 0 Å². The van der Waals surface area contributed by atoms with E-state index in [2.05, 4.69) is 14.7 Å². The summed E-state index contributed by atoms with van der Waals surface area (Å²) in [7, 11) is -2.35. The summed E-state index contributed by atoms with van der Waals surface area (Å²) in [6, 6.07) is 16.4. The number of fused-ring (bicyclic) bond motifs is 1. The van der Waals surface area contributed by atoms with E-state index in [9.17, 15) is 22.4 Å². The molecule has 0 saturated carbocycles. The molecule has 1 heterocycles. The number of halogens is 1. The maximum atomic E-state index is 13.8. The van der Waals surface area contributed by atoms with Gasteiger partial charge in [-0.25, -0.2) is 17.6 Å². The molecule has 0 bridgehead atoms. The predicted molar refractivity (Wildman–Crippen MR) is 118 cm³/mol. The molecule has 10 heteroatoms. The molecule has 0 unspecified atom stereocenters. The number of nitrogens with zero attached hydrogens (tertiary/aromatic N) is 1. The molecular formula is C22H19FN4O4S. The molecule has 0 saturated heterocycles. The topological polar surface area (TPSA) is 115 Å². The number of H-pyrrole nitrogens is 2. The third kappa shape index (κ3) is 4.40. The van der Waals surface area contributed by atoms with Gasteiger partial charge in [-0.3, -0.25) is 9.52 Å². The normalized spacial score (nSPS) is 11.4. The second kappa shape index (κ2) is 8.31. The van der Waals surface area contributed by atoms with E-state index in [1.807, 2.05) is 0 Å². The van der Waals surface area contributed by atoms with Crippen LogP contribution in [0.5, 0.6) is 0 Å². The van der Waals surface area contributed by atoms with Gasteiger partial charge in [0.15, 0.2) is 0 Å². The predicted octanol–water partition coefficient (Wildman–Crippen LogP) is 3.07. The van der Waals surface area contributed by atoms with Crippen molar-refractivity contribution in [1.29, 1.82) is 0 Å². The molecule has 3 aromatic carbocycles. The van der Waals surface area contributed by atoms with Gasteiger partial charge in [-0.2, -0.15) is 0 Å². The molecule has 0 aliphatic carbocycles. The molecule has 0 aliphatic heterocycles. The van der Waals surface area contributed by atoms with Crippen LogP contribution in [0.4, 0.5) is 10.1 Å².